The molecule has 0 bridgehead atoms. The summed E-state index contributed by atoms with van der Waals surface area (Å²) in [5.41, 5.74) is -0.472. The highest BCUT2D eigenvalue weighted by atomic mass is 16.6. The van der Waals surface area contributed by atoms with E-state index in [4.69, 9.17) is 9.47 Å². The zero-order valence-electron chi connectivity index (χ0n) is 14.0. The van der Waals surface area contributed by atoms with Crippen molar-refractivity contribution in [3.05, 3.63) is 0 Å². The monoisotopic (exact) mass is 294 g/mol. The fourth-order valence-corrected chi connectivity index (χ4v) is 2.35. The Morgan fingerprint density at radius 2 is 1.95 bits per heavy atom. The highest BCUT2D eigenvalue weighted by molar-refractivity contribution is 5.76. The van der Waals surface area contributed by atoms with E-state index in [9.17, 15) is 4.79 Å². The highest BCUT2D eigenvalue weighted by Crippen LogP contribution is 2.23. The number of hydrogen-bond acceptors (Lipinski definition) is 3. The van der Waals surface area contributed by atoms with Crippen LogP contribution < -0.4 is 0 Å². The Kier molecular flexibility index (Phi) is 7.82. The highest BCUT2D eigenvalue weighted by Gasteiger charge is 2.36. The van der Waals surface area contributed by atoms with Gasteiger partial charge in [-0.3, -0.25) is 0 Å². The maximum Gasteiger partial charge on any atom is 0.337 e. The average Bonchev–Trinajstić information content (AvgIpc) is 2.84. The summed E-state index contributed by atoms with van der Waals surface area (Å²) in [6, 6.07) is 0. The Balaban J connectivity index is 2.35. The van der Waals surface area contributed by atoms with Gasteiger partial charge in [0.1, 0.15) is 5.60 Å². The van der Waals surface area contributed by atoms with Gasteiger partial charge in [-0.15, -0.1) is 5.92 Å². The van der Waals surface area contributed by atoms with Crippen LogP contribution in [0.3, 0.4) is 0 Å². The van der Waals surface area contributed by atoms with Crippen molar-refractivity contribution in [3.8, 4) is 11.8 Å². The predicted molar refractivity (Wildman–Crippen MR) is 84.8 cm³/mol. The van der Waals surface area contributed by atoms with Crippen LogP contribution >= 0.6 is 0 Å². The maximum atomic E-state index is 12.1. The average molecular weight is 294 g/mol. The van der Waals surface area contributed by atoms with Crippen molar-refractivity contribution >= 4 is 5.97 Å². The van der Waals surface area contributed by atoms with Crippen LogP contribution in [0, 0.1) is 17.8 Å². The standard InChI is InChI=1S/C18H30O3/c1-5-6-7-8-9-10-11-12-15-13-14-20-16(15)17(19)21-18(2,3)4/h15-16H,5-10,13-14H2,1-4H3/t15-,16-/m0/s1. The summed E-state index contributed by atoms with van der Waals surface area (Å²) in [5, 5.41) is 0. The number of carbonyl (C=O) groups excluding carboxylic acids is 1. The zero-order valence-corrected chi connectivity index (χ0v) is 14.0. The van der Waals surface area contributed by atoms with Gasteiger partial charge in [-0.2, -0.15) is 0 Å². The third-order valence-corrected chi connectivity index (χ3v) is 3.42. The van der Waals surface area contributed by atoms with E-state index in [0.717, 1.165) is 19.3 Å². The third-order valence-electron chi connectivity index (χ3n) is 3.42. The van der Waals surface area contributed by atoms with Crippen molar-refractivity contribution in [1.82, 2.24) is 0 Å². The first-order chi connectivity index (χ1) is 9.94. The van der Waals surface area contributed by atoms with Gasteiger partial charge in [-0.1, -0.05) is 38.5 Å². The molecule has 1 rings (SSSR count). The molecule has 1 saturated heterocycles. The summed E-state index contributed by atoms with van der Waals surface area (Å²) in [7, 11) is 0. The molecule has 0 aliphatic carbocycles. The summed E-state index contributed by atoms with van der Waals surface area (Å²) in [6.45, 7) is 8.43. The summed E-state index contributed by atoms with van der Waals surface area (Å²) >= 11 is 0. The lowest BCUT2D eigenvalue weighted by molar-refractivity contribution is -0.166. The van der Waals surface area contributed by atoms with Gasteiger partial charge >= 0.3 is 5.97 Å². The molecule has 0 N–H and O–H groups in total. The second-order valence-electron chi connectivity index (χ2n) is 6.71. The molecule has 0 spiro atoms. The molecule has 3 nitrogen and oxygen atoms in total. The Morgan fingerprint density at radius 1 is 1.24 bits per heavy atom. The van der Waals surface area contributed by atoms with E-state index in [-0.39, 0.29) is 11.9 Å². The third kappa shape index (κ3) is 7.52. The molecule has 1 aliphatic heterocycles. The van der Waals surface area contributed by atoms with Crippen LogP contribution in [0.5, 0.6) is 0 Å². The molecule has 3 heteroatoms. The number of hydrogen-bond donors (Lipinski definition) is 0. The fourth-order valence-electron chi connectivity index (χ4n) is 2.35. The first kappa shape index (κ1) is 18.0. The largest absolute Gasteiger partial charge is 0.458 e. The molecular formula is C18H30O3. The number of unbranched alkanes of at least 4 members (excludes halogenated alkanes) is 5. The summed E-state index contributed by atoms with van der Waals surface area (Å²) in [5.74, 6) is 6.15. The maximum absolute atomic E-state index is 12.1. The van der Waals surface area contributed by atoms with Gasteiger partial charge in [0.15, 0.2) is 6.10 Å². The Bertz CT molecular complexity index is 370. The molecule has 0 unspecified atom stereocenters. The van der Waals surface area contributed by atoms with Crippen molar-refractivity contribution < 1.29 is 14.3 Å². The van der Waals surface area contributed by atoms with E-state index in [2.05, 4.69) is 18.8 Å². The molecule has 0 aromatic carbocycles. The van der Waals surface area contributed by atoms with Crippen LogP contribution in [0.1, 0.15) is 72.6 Å². The molecule has 2 atom stereocenters. The van der Waals surface area contributed by atoms with Crippen molar-refractivity contribution in [1.29, 1.82) is 0 Å². The molecule has 0 amide bonds. The van der Waals surface area contributed by atoms with Gasteiger partial charge in [-0.25, -0.2) is 4.79 Å². The second-order valence-corrected chi connectivity index (χ2v) is 6.71. The number of esters is 1. The SMILES string of the molecule is CCCCCCCC#C[C@H]1CCO[C@@H]1C(=O)OC(C)(C)C. The molecule has 0 aromatic heterocycles. The second kappa shape index (κ2) is 9.10. The van der Waals surface area contributed by atoms with Crippen LogP contribution in [0.4, 0.5) is 0 Å². The van der Waals surface area contributed by atoms with Crippen LogP contribution in [0.25, 0.3) is 0 Å². The summed E-state index contributed by atoms with van der Waals surface area (Å²) in [6.07, 6.45) is 7.51. The lowest BCUT2D eigenvalue weighted by atomic mass is 10.0. The molecule has 1 fully saturated rings. The predicted octanol–water partition coefficient (Wildman–Crippen LogP) is 4.10. The first-order valence-corrected chi connectivity index (χ1v) is 8.27. The lowest BCUT2D eigenvalue weighted by Gasteiger charge is -2.22. The van der Waals surface area contributed by atoms with Gasteiger partial charge in [0, 0.05) is 13.0 Å². The minimum Gasteiger partial charge on any atom is -0.458 e. The minimum atomic E-state index is -0.503. The zero-order chi connectivity index (χ0) is 15.7. The van der Waals surface area contributed by atoms with Crippen LogP contribution in [0.15, 0.2) is 0 Å². The van der Waals surface area contributed by atoms with Gasteiger partial charge in [-0.05, 0) is 33.6 Å². The van der Waals surface area contributed by atoms with Crippen LogP contribution in [-0.4, -0.2) is 24.3 Å². The van der Waals surface area contributed by atoms with E-state index < -0.39 is 11.7 Å². The number of carbonyl (C=O) groups is 1. The Hall–Kier alpha value is -1.01. The fraction of sp³-hybridized carbons (Fsp3) is 0.833. The van der Waals surface area contributed by atoms with Crippen molar-refractivity contribution in [3.63, 3.8) is 0 Å². The van der Waals surface area contributed by atoms with Gasteiger partial charge in [0.25, 0.3) is 0 Å². The molecule has 1 aliphatic rings. The number of rotatable bonds is 6. The topological polar surface area (TPSA) is 35.5 Å². The molecule has 120 valence electrons. The summed E-state index contributed by atoms with van der Waals surface area (Å²) < 4.78 is 10.9. The Morgan fingerprint density at radius 3 is 2.62 bits per heavy atom. The number of ether oxygens (including phenoxy) is 2. The first-order valence-electron chi connectivity index (χ1n) is 8.27. The van der Waals surface area contributed by atoms with Gasteiger partial charge in [0.2, 0.25) is 0 Å². The molecule has 0 saturated carbocycles. The van der Waals surface area contributed by atoms with Crippen LogP contribution in [-0.2, 0) is 14.3 Å². The van der Waals surface area contributed by atoms with Gasteiger partial charge in [0.05, 0.1) is 5.92 Å². The van der Waals surface area contributed by atoms with Gasteiger partial charge < -0.3 is 9.47 Å². The lowest BCUT2D eigenvalue weighted by Crippen LogP contribution is -2.34. The summed E-state index contributed by atoms with van der Waals surface area (Å²) in [4.78, 5) is 12.1. The normalized spacial score (nSPS) is 21.7. The molecule has 0 radical (unpaired) electrons. The molecule has 1 heterocycles. The minimum absolute atomic E-state index is 0.00417. The van der Waals surface area contributed by atoms with E-state index in [1.165, 1.54) is 25.7 Å². The molecular weight excluding hydrogens is 264 g/mol. The van der Waals surface area contributed by atoms with Crippen molar-refractivity contribution in [2.45, 2.75) is 84.3 Å². The van der Waals surface area contributed by atoms with E-state index in [0.29, 0.717) is 6.61 Å². The Labute approximate surface area is 129 Å². The molecule has 0 aromatic rings. The van der Waals surface area contributed by atoms with E-state index >= 15 is 0 Å². The van der Waals surface area contributed by atoms with E-state index in [1.807, 2.05) is 20.8 Å². The smallest absolute Gasteiger partial charge is 0.337 e. The quantitative estimate of drug-likeness (QED) is 0.420. The van der Waals surface area contributed by atoms with Crippen molar-refractivity contribution in [2.75, 3.05) is 6.61 Å². The van der Waals surface area contributed by atoms with E-state index in [1.54, 1.807) is 0 Å². The van der Waals surface area contributed by atoms with Crippen LogP contribution in [0.2, 0.25) is 0 Å². The molecule has 21 heavy (non-hydrogen) atoms. The van der Waals surface area contributed by atoms with Crippen molar-refractivity contribution in [2.24, 2.45) is 5.92 Å².